The van der Waals surface area contributed by atoms with Crippen molar-refractivity contribution in [2.24, 2.45) is 0 Å². The summed E-state index contributed by atoms with van der Waals surface area (Å²) in [4.78, 5) is 0. The Hall–Kier alpha value is -1.97. The molecule has 0 spiro atoms. The number of nitrogen functional groups attached to an aromatic ring is 1. The Morgan fingerprint density at radius 2 is 2.20 bits per heavy atom. The average Bonchev–Trinajstić information content (AvgIpc) is 2.64. The van der Waals surface area contributed by atoms with Gasteiger partial charge in [0.15, 0.2) is 0 Å². The number of nitrogens with zero attached hydrogens (tertiary/aromatic N) is 1. The van der Waals surface area contributed by atoms with Crippen LogP contribution in [0.5, 0.6) is 5.75 Å². The lowest BCUT2D eigenvalue weighted by molar-refractivity contribution is 0.416. The highest BCUT2D eigenvalue weighted by Gasteiger charge is 2.10. The van der Waals surface area contributed by atoms with Crippen molar-refractivity contribution in [1.82, 2.24) is 10.2 Å². The monoisotopic (exact) mass is 203 g/mol. The first kappa shape index (κ1) is 9.58. The van der Waals surface area contributed by atoms with E-state index in [-0.39, 0.29) is 0 Å². The second-order valence-corrected chi connectivity index (χ2v) is 3.40. The minimum Gasteiger partial charge on any atom is -0.496 e. The predicted octanol–water partition coefficient (Wildman–Crippen LogP) is 1.98. The van der Waals surface area contributed by atoms with Gasteiger partial charge in [0, 0.05) is 5.56 Å². The van der Waals surface area contributed by atoms with E-state index in [1.165, 1.54) is 0 Å². The quantitative estimate of drug-likeness (QED) is 0.784. The van der Waals surface area contributed by atoms with E-state index in [1.807, 2.05) is 25.1 Å². The molecule has 0 aliphatic rings. The molecule has 0 unspecified atom stereocenters. The number of nitrogens with two attached hydrogens (primary N) is 1. The Morgan fingerprint density at radius 3 is 2.80 bits per heavy atom. The van der Waals surface area contributed by atoms with Gasteiger partial charge in [0.05, 0.1) is 24.7 Å². The number of nitrogens with one attached hydrogen (secondary N) is 1. The standard InChI is InChI=1S/C11H13N3O/c1-7-3-4-8(10(5-7)15-2)11-9(12)6-13-14-11/h3-6H,12H2,1-2H3,(H,13,14). The van der Waals surface area contributed by atoms with Gasteiger partial charge >= 0.3 is 0 Å². The van der Waals surface area contributed by atoms with E-state index in [1.54, 1.807) is 13.3 Å². The Morgan fingerprint density at radius 1 is 1.40 bits per heavy atom. The molecule has 0 fully saturated rings. The molecule has 0 saturated heterocycles. The van der Waals surface area contributed by atoms with E-state index in [4.69, 9.17) is 10.5 Å². The molecule has 2 aromatic rings. The van der Waals surface area contributed by atoms with Crippen LogP contribution in [0.4, 0.5) is 5.69 Å². The highest BCUT2D eigenvalue weighted by molar-refractivity contribution is 5.76. The molecule has 1 heterocycles. The lowest BCUT2D eigenvalue weighted by atomic mass is 10.1. The van der Waals surface area contributed by atoms with Crippen molar-refractivity contribution in [3.8, 4) is 17.0 Å². The lowest BCUT2D eigenvalue weighted by Crippen LogP contribution is -1.92. The fourth-order valence-corrected chi connectivity index (χ4v) is 1.52. The van der Waals surface area contributed by atoms with Gasteiger partial charge in [-0.2, -0.15) is 5.10 Å². The number of H-pyrrole nitrogens is 1. The molecular formula is C11H13N3O. The molecule has 0 saturated carbocycles. The van der Waals surface area contributed by atoms with Gasteiger partial charge in [-0.1, -0.05) is 6.07 Å². The van der Waals surface area contributed by atoms with Crippen LogP contribution in [-0.2, 0) is 0 Å². The first-order chi connectivity index (χ1) is 7.22. The first-order valence-electron chi connectivity index (χ1n) is 4.66. The third-order valence-corrected chi connectivity index (χ3v) is 2.30. The van der Waals surface area contributed by atoms with Gasteiger partial charge in [0.1, 0.15) is 5.75 Å². The van der Waals surface area contributed by atoms with Crippen molar-refractivity contribution >= 4 is 5.69 Å². The number of aryl methyl sites for hydroxylation is 1. The number of rotatable bonds is 2. The molecule has 0 atom stereocenters. The van der Waals surface area contributed by atoms with Crippen LogP contribution in [0.15, 0.2) is 24.4 Å². The minimum absolute atomic E-state index is 0.622. The van der Waals surface area contributed by atoms with Crippen molar-refractivity contribution in [3.05, 3.63) is 30.0 Å². The fraction of sp³-hybridized carbons (Fsp3) is 0.182. The maximum absolute atomic E-state index is 5.78. The Balaban J connectivity index is 2.58. The molecule has 2 rings (SSSR count). The van der Waals surface area contributed by atoms with Gasteiger partial charge in [0.25, 0.3) is 0 Å². The summed E-state index contributed by atoms with van der Waals surface area (Å²) in [7, 11) is 1.64. The van der Waals surface area contributed by atoms with Gasteiger partial charge in [-0.05, 0) is 24.6 Å². The zero-order chi connectivity index (χ0) is 10.8. The number of aromatic amines is 1. The second kappa shape index (κ2) is 3.65. The number of methoxy groups -OCH3 is 1. The minimum atomic E-state index is 0.622. The molecular weight excluding hydrogens is 190 g/mol. The van der Waals surface area contributed by atoms with Crippen molar-refractivity contribution in [1.29, 1.82) is 0 Å². The van der Waals surface area contributed by atoms with Crippen molar-refractivity contribution in [2.45, 2.75) is 6.92 Å². The number of ether oxygens (including phenoxy) is 1. The van der Waals surface area contributed by atoms with Crippen LogP contribution in [0, 0.1) is 6.92 Å². The van der Waals surface area contributed by atoms with E-state index in [2.05, 4.69) is 10.2 Å². The normalized spacial score (nSPS) is 10.3. The lowest BCUT2D eigenvalue weighted by Gasteiger charge is -2.08. The summed E-state index contributed by atoms with van der Waals surface area (Å²) in [5, 5.41) is 6.75. The predicted molar refractivity (Wildman–Crippen MR) is 59.7 cm³/mol. The molecule has 4 heteroatoms. The smallest absolute Gasteiger partial charge is 0.128 e. The summed E-state index contributed by atoms with van der Waals surface area (Å²) in [5.41, 5.74) is 9.28. The third kappa shape index (κ3) is 1.66. The third-order valence-electron chi connectivity index (χ3n) is 2.30. The molecule has 1 aromatic heterocycles. The number of anilines is 1. The molecule has 0 bridgehead atoms. The largest absolute Gasteiger partial charge is 0.496 e. The number of aromatic nitrogens is 2. The number of hydrogen-bond donors (Lipinski definition) is 2. The molecule has 0 aliphatic carbocycles. The van der Waals surface area contributed by atoms with E-state index in [9.17, 15) is 0 Å². The molecule has 0 radical (unpaired) electrons. The van der Waals surface area contributed by atoms with E-state index in [0.29, 0.717) is 5.69 Å². The Bertz CT molecular complexity index is 476. The van der Waals surface area contributed by atoms with Gasteiger partial charge in [-0.15, -0.1) is 0 Å². The molecule has 0 amide bonds. The summed E-state index contributed by atoms with van der Waals surface area (Å²) in [6, 6.07) is 5.95. The molecule has 78 valence electrons. The molecule has 3 N–H and O–H groups in total. The first-order valence-corrected chi connectivity index (χ1v) is 4.66. The van der Waals surface area contributed by atoms with Gasteiger partial charge < -0.3 is 10.5 Å². The molecule has 1 aromatic carbocycles. The van der Waals surface area contributed by atoms with Crippen molar-refractivity contribution < 1.29 is 4.74 Å². The van der Waals surface area contributed by atoms with Crippen LogP contribution >= 0.6 is 0 Å². The van der Waals surface area contributed by atoms with Crippen molar-refractivity contribution in [2.75, 3.05) is 12.8 Å². The summed E-state index contributed by atoms with van der Waals surface area (Å²) in [6.07, 6.45) is 1.59. The summed E-state index contributed by atoms with van der Waals surface area (Å²) >= 11 is 0. The van der Waals surface area contributed by atoms with Crippen LogP contribution in [-0.4, -0.2) is 17.3 Å². The topological polar surface area (TPSA) is 63.9 Å². The van der Waals surface area contributed by atoms with Gasteiger partial charge in [-0.25, -0.2) is 0 Å². The van der Waals surface area contributed by atoms with Crippen molar-refractivity contribution in [3.63, 3.8) is 0 Å². The zero-order valence-corrected chi connectivity index (χ0v) is 8.74. The van der Waals surface area contributed by atoms with Crippen LogP contribution in [0.3, 0.4) is 0 Å². The highest BCUT2D eigenvalue weighted by Crippen LogP contribution is 2.32. The molecule has 0 aliphatic heterocycles. The van der Waals surface area contributed by atoms with Crippen LogP contribution < -0.4 is 10.5 Å². The summed E-state index contributed by atoms with van der Waals surface area (Å²) in [6.45, 7) is 2.02. The maximum atomic E-state index is 5.78. The van der Waals surface area contributed by atoms with Gasteiger partial charge in [-0.3, -0.25) is 5.10 Å². The number of benzene rings is 1. The summed E-state index contributed by atoms with van der Waals surface area (Å²) < 4.78 is 5.30. The molecule has 15 heavy (non-hydrogen) atoms. The number of hydrogen-bond acceptors (Lipinski definition) is 3. The van der Waals surface area contributed by atoms with Crippen LogP contribution in [0.25, 0.3) is 11.3 Å². The van der Waals surface area contributed by atoms with Crippen LogP contribution in [0.1, 0.15) is 5.56 Å². The maximum Gasteiger partial charge on any atom is 0.128 e. The van der Waals surface area contributed by atoms with Crippen LogP contribution in [0.2, 0.25) is 0 Å². The molecule has 4 nitrogen and oxygen atoms in total. The SMILES string of the molecule is COc1cc(C)ccc1-c1[nH]ncc1N. The highest BCUT2D eigenvalue weighted by atomic mass is 16.5. The Labute approximate surface area is 88.1 Å². The zero-order valence-electron chi connectivity index (χ0n) is 8.74. The second-order valence-electron chi connectivity index (χ2n) is 3.40. The average molecular weight is 203 g/mol. The van der Waals surface area contributed by atoms with Gasteiger partial charge in [0.2, 0.25) is 0 Å². The summed E-state index contributed by atoms with van der Waals surface area (Å²) in [5.74, 6) is 0.797. The fourth-order valence-electron chi connectivity index (χ4n) is 1.52. The van der Waals surface area contributed by atoms with E-state index in [0.717, 1.165) is 22.6 Å². The van der Waals surface area contributed by atoms with E-state index >= 15 is 0 Å². The van der Waals surface area contributed by atoms with E-state index < -0.39 is 0 Å². The Kier molecular flexibility index (Phi) is 2.33.